The zero-order valence-electron chi connectivity index (χ0n) is 24.7. The first kappa shape index (κ1) is 28.9. The molecule has 1 aliphatic rings. The number of pyridine rings is 1. The van der Waals surface area contributed by atoms with E-state index >= 15 is 0 Å². The van der Waals surface area contributed by atoms with Crippen molar-refractivity contribution in [2.75, 3.05) is 23.7 Å². The molecule has 1 unspecified atom stereocenters. The Balaban J connectivity index is 1.16. The van der Waals surface area contributed by atoms with Crippen molar-refractivity contribution in [3.05, 3.63) is 107 Å². The Labute approximate surface area is 254 Å². The van der Waals surface area contributed by atoms with Gasteiger partial charge in [-0.3, -0.25) is 14.7 Å². The summed E-state index contributed by atoms with van der Waals surface area (Å²) < 4.78 is 19.6. The number of aromatic nitrogens is 3. The van der Waals surface area contributed by atoms with E-state index in [1.807, 2.05) is 25.1 Å². The van der Waals surface area contributed by atoms with Crippen LogP contribution in [0.25, 0.3) is 11.0 Å². The number of halogens is 1. The first-order valence-electron chi connectivity index (χ1n) is 14.6. The summed E-state index contributed by atoms with van der Waals surface area (Å²) in [6, 6.07) is 20.2. The molecule has 0 aliphatic carbocycles. The lowest BCUT2D eigenvalue weighted by Gasteiger charge is -2.17. The normalized spacial score (nSPS) is 14.7. The highest BCUT2D eigenvalue weighted by Crippen LogP contribution is 2.34. The fourth-order valence-electron chi connectivity index (χ4n) is 5.58. The molecule has 224 valence electrons. The number of aromatic amines is 1. The number of likely N-dealkylation sites (tertiary alicyclic amines) is 1. The van der Waals surface area contributed by atoms with E-state index in [1.165, 1.54) is 29.8 Å². The quantitative estimate of drug-likeness (QED) is 0.181. The van der Waals surface area contributed by atoms with Gasteiger partial charge in [-0.2, -0.15) is 5.10 Å². The Morgan fingerprint density at radius 2 is 1.86 bits per heavy atom. The fraction of sp³-hybridized carbons (Fsp3) is 0.235. The molecule has 2 amide bonds. The molecule has 1 saturated heterocycles. The standard InChI is InChI=1S/C34H33FN6O3/c1-20(2)28-12-11-25(17-21(28)3)38-33(42)23-5-4-6-27(18-23)44-29-13-15-36-31-30(29)32(40-39-31)37-26-14-16-41(19-26)34(43)22-7-9-24(35)10-8-22/h4-13,15,17-18,20,26H,14,16,19H2,1-3H3,(H,38,42)(H2,36,37,39,40). The van der Waals surface area contributed by atoms with E-state index in [4.69, 9.17) is 4.74 Å². The van der Waals surface area contributed by atoms with Gasteiger partial charge in [-0.05, 0) is 85.0 Å². The van der Waals surface area contributed by atoms with Crippen LogP contribution in [0.5, 0.6) is 11.5 Å². The van der Waals surface area contributed by atoms with Gasteiger partial charge in [0.2, 0.25) is 0 Å². The monoisotopic (exact) mass is 592 g/mol. The SMILES string of the molecule is Cc1cc(NC(=O)c2cccc(Oc3ccnc4[nH]nc(NC5CCN(C(=O)c6ccc(F)cc6)C5)c34)c2)ccc1C(C)C. The molecule has 5 aromatic rings. The largest absolute Gasteiger partial charge is 0.456 e. The second-order valence-electron chi connectivity index (χ2n) is 11.3. The number of aryl methyl sites for hydroxylation is 1. The Kier molecular flexibility index (Phi) is 7.97. The second kappa shape index (κ2) is 12.2. The molecule has 0 spiro atoms. The highest BCUT2D eigenvalue weighted by atomic mass is 19.1. The van der Waals surface area contributed by atoms with Crippen LogP contribution < -0.4 is 15.4 Å². The number of H-pyrrole nitrogens is 1. The zero-order chi connectivity index (χ0) is 30.8. The predicted molar refractivity (Wildman–Crippen MR) is 168 cm³/mol. The van der Waals surface area contributed by atoms with Gasteiger partial charge in [0, 0.05) is 48.2 Å². The number of hydrogen-bond acceptors (Lipinski definition) is 6. The summed E-state index contributed by atoms with van der Waals surface area (Å²) in [6.45, 7) is 7.37. The maximum absolute atomic E-state index is 13.3. The van der Waals surface area contributed by atoms with E-state index in [1.54, 1.807) is 41.4 Å². The molecule has 44 heavy (non-hydrogen) atoms. The molecule has 2 aromatic heterocycles. The molecular weight excluding hydrogens is 559 g/mol. The van der Waals surface area contributed by atoms with E-state index in [0.29, 0.717) is 64.9 Å². The number of anilines is 2. The number of nitrogens with zero attached hydrogens (tertiary/aromatic N) is 3. The molecule has 10 heteroatoms. The van der Waals surface area contributed by atoms with Crippen molar-refractivity contribution in [3.8, 4) is 11.5 Å². The Morgan fingerprint density at radius 3 is 2.64 bits per heavy atom. The van der Waals surface area contributed by atoms with E-state index in [-0.39, 0.29) is 23.7 Å². The van der Waals surface area contributed by atoms with E-state index in [2.05, 4.69) is 39.7 Å². The van der Waals surface area contributed by atoms with Crippen LogP contribution in [-0.4, -0.2) is 51.0 Å². The summed E-state index contributed by atoms with van der Waals surface area (Å²) >= 11 is 0. The van der Waals surface area contributed by atoms with Crippen LogP contribution in [0, 0.1) is 12.7 Å². The van der Waals surface area contributed by atoms with Gasteiger partial charge in [-0.25, -0.2) is 9.37 Å². The van der Waals surface area contributed by atoms with Gasteiger partial charge in [-0.1, -0.05) is 26.0 Å². The maximum atomic E-state index is 13.3. The highest BCUT2D eigenvalue weighted by molar-refractivity contribution is 6.04. The Bertz CT molecular complexity index is 1840. The zero-order valence-corrected chi connectivity index (χ0v) is 24.7. The van der Waals surface area contributed by atoms with Crippen LogP contribution in [0.3, 0.4) is 0 Å². The molecule has 1 atom stereocenters. The average Bonchev–Trinajstić information content (AvgIpc) is 3.65. The van der Waals surface area contributed by atoms with Crippen LogP contribution in [0.2, 0.25) is 0 Å². The van der Waals surface area contributed by atoms with Crippen molar-refractivity contribution in [2.24, 2.45) is 0 Å². The van der Waals surface area contributed by atoms with Gasteiger partial charge in [0.15, 0.2) is 11.5 Å². The average molecular weight is 593 g/mol. The third-order valence-corrected chi connectivity index (χ3v) is 7.80. The van der Waals surface area contributed by atoms with E-state index in [0.717, 1.165) is 11.3 Å². The summed E-state index contributed by atoms with van der Waals surface area (Å²) in [4.78, 5) is 32.1. The smallest absolute Gasteiger partial charge is 0.255 e. The van der Waals surface area contributed by atoms with Crippen molar-refractivity contribution in [1.29, 1.82) is 0 Å². The first-order chi connectivity index (χ1) is 21.2. The third kappa shape index (κ3) is 6.10. The Morgan fingerprint density at radius 1 is 1.05 bits per heavy atom. The fourth-order valence-corrected chi connectivity index (χ4v) is 5.58. The second-order valence-corrected chi connectivity index (χ2v) is 11.3. The molecule has 0 bridgehead atoms. The number of ether oxygens (including phenoxy) is 1. The molecule has 0 radical (unpaired) electrons. The minimum Gasteiger partial charge on any atom is -0.456 e. The molecule has 9 nitrogen and oxygen atoms in total. The van der Waals surface area contributed by atoms with Gasteiger partial charge in [0.25, 0.3) is 11.8 Å². The van der Waals surface area contributed by atoms with Crippen LogP contribution in [-0.2, 0) is 0 Å². The number of nitrogens with one attached hydrogen (secondary N) is 3. The summed E-state index contributed by atoms with van der Waals surface area (Å²) in [5.74, 6) is 1.21. The lowest BCUT2D eigenvalue weighted by Crippen LogP contribution is -2.31. The van der Waals surface area contributed by atoms with Crippen molar-refractivity contribution < 1.29 is 18.7 Å². The summed E-state index contributed by atoms with van der Waals surface area (Å²) in [6.07, 6.45) is 2.34. The number of amides is 2. The number of carbonyl (C=O) groups excluding carboxylic acids is 2. The summed E-state index contributed by atoms with van der Waals surface area (Å²) in [7, 11) is 0. The highest BCUT2D eigenvalue weighted by Gasteiger charge is 2.28. The molecule has 3 heterocycles. The van der Waals surface area contributed by atoms with Gasteiger partial charge in [0.1, 0.15) is 22.7 Å². The molecule has 3 N–H and O–H groups in total. The van der Waals surface area contributed by atoms with Crippen molar-refractivity contribution in [3.63, 3.8) is 0 Å². The lowest BCUT2D eigenvalue weighted by atomic mass is 9.97. The number of rotatable bonds is 8. The molecular formula is C34H33FN6O3. The van der Waals surface area contributed by atoms with Gasteiger partial charge < -0.3 is 20.3 Å². The minimum atomic E-state index is -0.378. The molecule has 3 aromatic carbocycles. The van der Waals surface area contributed by atoms with E-state index < -0.39 is 0 Å². The van der Waals surface area contributed by atoms with Crippen LogP contribution in [0.1, 0.15) is 58.0 Å². The first-order valence-corrected chi connectivity index (χ1v) is 14.6. The molecule has 6 rings (SSSR count). The number of carbonyl (C=O) groups is 2. The van der Waals surface area contributed by atoms with Crippen LogP contribution >= 0.6 is 0 Å². The van der Waals surface area contributed by atoms with Crippen molar-refractivity contribution >= 4 is 34.4 Å². The maximum Gasteiger partial charge on any atom is 0.255 e. The third-order valence-electron chi connectivity index (χ3n) is 7.80. The number of benzene rings is 3. The van der Waals surface area contributed by atoms with Crippen molar-refractivity contribution in [2.45, 2.75) is 39.2 Å². The number of fused-ring (bicyclic) bond motifs is 1. The summed E-state index contributed by atoms with van der Waals surface area (Å²) in [5.41, 5.74) is 4.56. The predicted octanol–water partition coefficient (Wildman–Crippen LogP) is 6.90. The number of hydrogen-bond donors (Lipinski definition) is 3. The lowest BCUT2D eigenvalue weighted by molar-refractivity contribution is 0.0791. The van der Waals surface area contributed by atoms with Crippen LogP contribution in [0.15, 0.2) is 79.0 Å². The van der Waals surface area contributed by atoms with Crippen molar-refractivity contribution in [1.82, 2.24) is 20.1 Å². The molecule has 0 saturated carbocycles. The van der Waals surface area contributed by atoms with Crippen LogP contribution in [0.4, 0.5) is 15.9 Å². The summed E-state index contributed by atoms with van der Waals surface area (Å²) in [5, 5.41) is 14.4. The minimum absolute atomic E-state index is 0.0516. The Hall–Kier alpha value is -5.25. The molecule has 1 aliphatic heterocycles. The van der Waals surface area contributed by atoms with Gasteiger partial charge >= 0.3 is 0 Å². The van der Waals surface area contributed by atoms with Gasteiger partial charge in [-0.15, -0.1) is 0 Å². The van der Waals surface area contributed by atoms with Gasteiger partial charge in [0.05, 0.1) is 0 Å². The molecule has 1 fully saturated rings. The topological polar surface area (TPSA) is 112 Å². The van der Waals surface area contributed by atoms with E-state index in [9.17, 15) is 14.0 Å².